The van der Waals surface area contributed by atoms with Crippen LogP contribution in [-0.2, 0) is 13.0 Å². The monoisotopic (exact) mass is 314 g/mol. The van der Waals surface area contributed by atoms with E-state index in [4.69, 9.17) is 22.3 Å². The van der Waals surface area contributed by atoms with Crippen molar-refractivity contribution in [3.8, 4) is 0 Å². The van der Waals surface area contributed by atoms with E-state index in [0.29, 0.717) is 0 Å². The molecule has 5 heteroatoms. The number of nitrogens with zero attached hydrogens (tertiary/aromatic N) is 3. The molecule has 0 bridgehead atoms. The van der Waals surface area contributed by atoms with Gasteiger partial charge in [-0.25, -0.2) is 4.98 Å². The molecule has 3 aromatic rings. The predicted molar refractivity (Wildman–Crippen MR) is 91.3 cm³/mol. The number of nitrogen functional groups attached to an aromatic ring is 1. The molecule has 0 atom stereocenters. The van der Waals surface area contributed by atoms with Gasteiger partial charge in [0.05, 0.1) is 11.4 Å². The van der Waals surface area contributed by atoms with Crippen LogP contribution < -0.4 is 5.73 Å². The van der Waals surface area contributed by atoms with Gasteiger partial charge in [0.2, 0.25) is 0 Å². The molecule has 2 aromatic heterocycles. The molecule has 0 aliphatic rings. The smallest absolute Gasteiger partial charge is 0.137 e. The van der Waals surface area contributed by atoms with E-state index >= 15 is 0 Å². The van der Waals surface area contributed by atoms with Crippen molar-refractivity contribution in [3.63, 3.8) is 0 Å². The Hall–Kier alpha value is -2.04. The maximum atomic E-state index is 5.96. The maximum Gasteiger partial charge on any atom is 0.137 e. The lowest BCUT2D eigenvalue weighted by atomic mass is 10.1. The number of fused-ring (bicyclic) bond motifs is 1. The van der Waals surface area contributed by atoms with Gasteiger partial charge < -0.3 is 15.0 Å². The first-order valence-electron chi connectivity index (χ1n) is 7.17. The van der Waals surface area contributed by atoms with E-state index in [1.54, 1.807) is 0 Å². The molecule has 0 unspecified atom stereocenters. The zero-order valence-electron chi connectivity index (χ0n) is 12.8. The average molecular weight is 315 g/mol. The molecule has 0 spiro atoms. The summed E-state index contributed by atoms with van der Waals surface area (Å²) in [5.74, 6) is 0. The number of halogens is 1. The Balaban J connectivity index is 2.05. The molecule has 0 radical (unpaired) electrons. The van der Waals surface area contributed by atoms with Crippen LogP contribution in [0.3, 0.4) is 0 Å². The van der Waals surface area contributed by atoms with Crippen molar-refractivity contribution < 1.29 is 0 Å². The first-order valence-corrected chi connectivity index (χ1v) is 7.55. The van der Waals surface area contributed by atoms with Gasteiger partial charge in [-0.2, -0.15) is 0 Å². The standard InChI is InChI=1S/C17H19ClN4/c1-21(2)11-16-15(9-12-3-5-13(18)6-4-12)20-17-8-7-14(19)10-22(16)17/h3-8,10H,9,11,19H2,1-2H3. The molecular weight excluding hydrogens is 296 g/mol. The minimum absolute atomic E-state index is 0.739. The van der Waals surface area contributed by atoms with Crippen molar-refractivity contribution in [1.82, 2.24) is 14.3 Å². The number of aromatic nitrogens is 2. The fourth-order valence-corrected chi connectivity index (χ4v) is 2.69. The highest BCUT2D eigenvalue weighted by Gasteiger charge is 2.13. The molecule has 0 fully saturated rings. The number of pyridine rings is 1. The van der Waals surface area contributed by atoms with Gasteiger partial charge >= 0.3 is 0 Å². The van der Waals surface area contributed by atoms with Gasteiger partial charge in [0.15, 0.2) is 0 Å². The lowest BCUT2D eigenvalue weighted by molar-refractivity contribution is 0.394. The van der Waals surface area contributed by atoms with Gasteiger partial charge in [0, 0.05) is 29.9 Å². The molecule has 0 saturated carbocycles. The number of nitrogens with two attached hydrogens (primary N) is 1. The van der Waals surface area contributed by atoms with E-state index in [1.165, 1.54) is 11.3 Å². The molecule has 0 saturated heterocycles. The molecule has 114 valence electrons. The molecule has 0 aliphatic carbocycles. The van der Waals surface area contributed by atoms with Crippen LogP contribution in [0.4, 0.5) is 5.69 Å². The van der Waals surface area contributed by atoms with E-state index in [2.05, 4.69) is 23.4 Å². The zero-order valence-corrected chi connectivity index (χ0v) is 13.5. The molecular formula is C17H19ClN4. The van der Waals surface area contributed by atoms with E-state index in [-0.39, 0.29) is 0 Å². The minimum Gasteiger partial charge on any atom is -0.398 e. The van der Waals surface area contributed by atoms with Gasteiger partial charge in [0.1, 0.15) is 5.65 Å². The molecule has 1 aromatic carbocycles. The fraction of sp³-hybridized carbons (Fsp3) is 0.235. The SMILES string of the molecule is CN(C)Cc1c(Cc2ccc(Cl)cc2)nc2ccc(N)cn12. The third-order valence-electron chi connectivity index (χ3n) is 3.57. The van der Waals surface area contributed by atoms with Gasteiger partial charge in [0.25, 0.3) is 0 Å². The topological polar surface area (TPSA) is 46.6 Å². The third kappa shape index (κ3) is 3.08. The highest BCUT2D eigenvalue weighted by Crippen LogP contribution is 2.20. The summed E-state index contributed by atoms with van der Waals surface area (Å²) in [5, 5.41) is 0.750. The Kier molecular flexibility index (Phi) is 4.05. The Labute approximate surface area is 135 Å². The second kappa shape index (κ2) is 5.99. The lowest BCUT2D eigenvalue weighted by Gasteiger charge is -2.11. The summed E-state index contributed by atoms with van der Waals surface area (Å²) in [6.07, 6.45) is 2.72. The number of imidazole rings is 1. The highest BCUT2D eigenvalue weighted by molar-refractivity contribution is 6.30. The van der Waals surface area contributed by atoms with E-state index in [1.807, 2.05) is 42.6 Å². The summed E-state index contributed by atoms with van der Waals surface area (Å²) in [5.41, 5.74) is 11.0. The van der Waals surface area contributed by atoms with Crippen LogP contribution in [0.15, 0.2) is 42.6 Å². The number of rotatable bonds is 4. The number of anilines is 1. The van der Waals surface area contributed by atoms with Crippen LogP contribution in [0.1, 0.15) is 17.0 Å². The van der Waals surface area contributed by atoms with E-state index in [0.717, 1.165) is 35.0 Å². The first kappa shape index (κ1) is 14.9. The summed E-state index contributed by atoms with van der Waals surface area (Å²) in [6.45, 7) is 0.813. The van der Waals surface area contributed by atoms with Crippen LogP contribution in [0, 0.1) is 0 Å². The Morgan fingerprint density at radius 2 is 1.86 bits per heavy atom. The summed E-state index contributed by atoms with van der Waals surface area (Å²) < 4.78 is 2.08. The molecule has 0 amide bonds. The Morgan fingerprint density at radius 1 is 1.14 bits per heavy atom. The van der Waals surface area contributed by atoms with Crippen molar-refractivity contribution in [2.75, 3.05) is 19.8 Å². The van der Waals surface area contributed by atoms with Crippen LogP contribution in [0.2, 0.25) is 5.02 Å². The lowest BCUT2D eigenvalue weighted by Crippen LogP contribution is -2.14. The van der Waals surface area contributed by atoms with Crippen molar-refractivity contribution in [1.29, 1.82) is 0 Å². The molecule has 2 heterocycles. The maximum absolute atomic E-state index is 5.96. The molecule has 0 aliphatic heterocycles. The van der Waals surface area contributed by atoms with Gasteiger partial charge in [-0.05, 0) is 43.9 Å². The zero-order chi connectivity index (χ0) is 15.7. The fourth-order valence-electron chi connectivity index (χ4n) is 2.56. The Morgan fingerprint density at radius 3 is 2.55 bits per heavy atom. The summed E-state index contributed by atoms with van der Waals surface area (Å²) >= 11 is 5.96. The number of hydrogen-bond acceptors (Lipinski definition) is 3. The second-order valence-corrected chi connectivity index (χ2v) is 6.17. The van der Waals surface area contributed by atoms with Gasteiger partial charge in [-0.3, -0.25) is 0 Å². The molecule has 4 nitrogen and oxygen atoms in total. The quantitative estimate of drug-likeness (QED) is 0.804. The first-order chi connectivity index (χ1) is 10.5. The Bertz CT molecular complexity index is 790. The largest absolute Gasteiger partial charge is 0.398 e. The summed E-state index contributed by atoms with van der Waals surface area (Å²) in [7, 11) is 4.11. The van der Waals surface area contributed by atoms with Crippen LogP contribution in [-0.4, -0.2) is 28.4 Å². The molecule has 2 N–H and O–H groups in total. The second-order valence-electron chi connectivity index (χ2n) is 5.74. The summed E-state index contributed by atoms with van der Waals surface area (Å²) in [4.78, 5) is 6.91. The van der Waals surface area contributed by atoms with Crippen LogP contribution >= 0.6 is 11.6 Å². The molecule has 3 rings (SSSR count). The highest BCUT2D eigenvalue weighted by atomic mass is 35.5. The number of hydrogen-bond donors (Lipinski definition) is 1. The summed E-state index contributed by atoms with van der Waals surface area (Å²) in [6, 6.07) is 11.8. The van der Waals surface area contributed by atoms with Crippen LogP contribution in [0.5, 0.6) is 0 Å². The van der Waals surface area contributed by atoms with Crippen LogP contribution in [0.25, 0.3) is 5.65 Å². The van der Waals surface area contributed by atoms with Crippen molar-refractivity contribution in [2.45, 2.75) is 13.0 Å². The predicted octanol–water partition coefficient (Wildman–Crippen LogP) is 3.22. The normalized spacial score (nSPS) is 11.5. The van der Waals surface area contributed by atoms with Gasteiger partial charge in [-0.15, -0.1) is 0 Å². The minimum atomic E-state index is 0.739. The van der Waals surface area contributed by atoms with E-state index in [9.17, 15) is 0 Å². The molecule has 22 heavy (non-hydrogen) atoms. The van der Waals surface area contributed by atoms with Gasteiger partial charge in [-0.1, -0.05) is 23.7 Å². The average Bonchev–Trinajstić information content (AvgIpc) is 2.78. The van der Waals surface area contributed by atoms with Crippen molar-refractivity contribution in [3.05, 3.63) is 64.6 Å². The van der Waals surface area contributed by atoms with Crippen molar-refractivity contribution >= 4 is 22.9 Å². The van der Waals surface area contributed by atoms with Crippen molar-refractivity contribution in [2.24, 2.45) is 0 Å². The number of benzene rings is 1. The third-order valence-corrected chi connectivity index (χ3v) is 3.83. The van der Waals surface area contributed by atoms with E-state index < -0.39 is 0 Å².